The molecule has 0 unspecified atom stereocenters. The fourth-order valence-electron chi connectivity index (χ4n) is 1.80. The molecular weight excluding hydrogens is 316 g/mol. The van der Waals surface area contributed by atoms with Crippen molar-refractivity contribution in [2.75, 3.05) is 12.3 Å². The SMILES string of the molecule is CCN(Cc1ccccc1N)S(=O)(=O)c1ccc(Cl)s1. The second-order valence-corrected chi connectivity index (χ2v) is 8.07. The van der Waals surface area contributed by atoms with Crippen molar-refractivity contribution in [3.05, 3.63) is 46.3 Å². The first-order valence-electron chi connectivity index (χ1n) is 6.04. The van der Waals surface area contributed by atoms with Crippen LogP contribution in [0.1, 0.15) is 12.5 Å². The number of hydrogen-bond acceptors (Lipinski definition) is 4. The van der Waals surface area contributed by atoms with Crippen LogP contribution in [0.15, 0.2) is 40.6 Å². The van der Waals surface area contributed by atoms with E-state index in [9.17, 15) is 8.42 Å². The summed E-state index contributed by atoms with van der Waals surface area (Å²) in [6.07, 6.45) is 0. The van der Waals surface area contributed by atoms with Gasteiger partial charge in [0.1, 0.15) is 4.21 Å². The Hall–Kier alpha value is -1.08. The number of anilines is 1. The molecule has 2 aromatic rings. The summed E-state index contributed by atoms with van der Waals surface area (Å²) < 4.78 is 27.2. The molecule has 0 aliphatic heterocycles. The molecule has 1 aromatic carbocycles. The van der Waals surface area contributed by atoms with Crippen LogP contribution in [0.2, 0.25) is 4.34 Å². The van der Waals surface area contributed by atoms with Gasteiger partial charge in [-0.1, -0.05) is 36.7 Å². The van der Waals surface area contributed by atoms with Crippen molar-refractivity contribution in [2.45, 2.75) is 17.7 Å². The fraction of sp³-hybridized carbons (Fsp3) is 0.231. The molecule has 0 saturated heterocycles. The maximum absolute atomic E-state index is 12.5. The van der Waals surface area contributed by atoms with Gasteiger partial charge in [-0.05, 0) is 23.8 Å². The second-order valence-electron chi connectivity index (χ2n) is 4.19. The molecule has 2 rings (SSSR count). The zero-order valence-corrected chi connectivity index (χ0v) is 13.3. The van der Waals surface area contributed by atoms with Crippen LogP contribution >= 0.6 is 22.9 Å². The maximum atomic E-state index is 12.5. The largest absolute Gasteiger partial charge is 0.398 e. The molecule has 108 valence electrons. The Labute approximate surface area is 127 Å². The molecule has 0 spiro atoms. The molecule has 7 heteroatoms. The number of rotatable bonds is 5. The normalized spacial score (nSPS) is 11.9. The highest BCUT2D eigenvalue weighted by molar-refractivity contribution is 7.91. The molecule has 0 aliphatic carbocycles. The highest BCUT2D eigenvalue weighted by Gasteiger charge is 2.25. The molecule has 4 nitrogen and oxygen atoms in total. The van der Waals surface area contributed by atoms with Crippen LogP contribution in [-0.4, -0.2) is 19.3 Å². The van der Waals surface area contributed by atoms with Crippen LogP contribution in [0, 0.1) is 0 Å². The number of nitrogens with zero attached hydrogens (tertiary/aromatic N) is 1. The summed E-state index contributed by atoms with van der Waals surface area (Å²) in [5, 5.41) is 0. The van der Waals surface area contributed by atoms with Crippen LogP contribution in [-0.2, 0) is 16.6 Å². The van der Waals surface area contributed by atoms with Gasteiger partial charge in [0.15, 0.2) is 0 Å². The van der Waals surface area contributed by atoms with Crippen molar-refractivity contribution in [1.82, 2.24) is 4.31 Å². The number of thiophene rings is 1. The molecule has 2 N–H and O–H groups in total. The van der Waals surface area contributed by atoms with Crippen molar-refractivity contribution in [3.63, 3.8) is 0 Å². The zero-order valence-electron chi connectivity index (χ0n) is 10.9. The number of nitrogens with two attached hydrogens (primary N) is 1. The van der Waals surface area contributed by atoms with Crippen LogP contribution < -0.4 is 5.73 Å². The molecule has 0 aliphatic rings. The van der Waals surface area contributed by atoms with E-state index in [1.165, 1.54) is 10.4 Å². The van der Waals surface area contributed by atoms with Crippen LogP contribution in [0.25, 0.3) is 0 Å². The van der Waals surface area contributed by atoms with Gasteiger partial charge in [-0.3, -0.25) is 0 Å². The summed E-state index contributed by atoms with van der Waals surface area (Å²) in [5.41, 5.74) is 7.25. The molecule has 20 heavy (non-hydrogen) atoms. The quantitative estimate of drug-likeness (QED) is 0.856. The van der Waals surface area contributed by atoms with Crippen molar-refractivity contribution in [2.24, 2.45) is 0 Å². The lowest BCUT2D eigenvalue weighted by Crippen LogP contribution is -2.30. The lowest BCUT2D eigenvalue weighted by atomic mass is 10.2. The van der Waals surface area contributed by atoms with E-state index in [2.05, 4.69) is 0 Å². The molecule has 1 heterocycles. The number of nitrogen functional groups attached to an aromatic ring is 1. The molecular formula is C13H15ClN2O2S2. The Morgan fingerprint density at radius 3 is 2.50 bits per heavy atom. The van der Waals surface area contributed by atoms with Crippen LogP contribution in [0.3, 0.4) is 0 Å². The fourth-order valence-corrected chi connectivity index (χ4v) is 4.86. The van der Waals surface area contributed by atoms with E-state index in [0.29, 0.717) is 16.6 Å². The monoisotopic (exact) mass is 330 g/mol. The number of hydrogen-bond donors (Lipinski definition) is 1. The van der Waals surface area contributed by atoms with Crippen molar-refractivity contribution < 1.29 is 8.42 Å². The van der Waals surface area contributed by atoms with Gasteiger partial charge in [-0.15, -0.1) is 11.3 Å². The van der Waals surface area contributed by atoms with Crippen LogP contribution in [0.4, 0.5) is 5.69 Å². The smallest absolute Gasteiger partial charge is 0.252 e. The summed E-state index contributed by atoms with van der Waals surface area (Å²) in [4.78, 5) is 0. The average molecular weight is 331 g/mol. The number of halogens is 1. The second kappa shape index (κ2) is 6.13. The first-order chi connectivity index (χ1) is 9.45. The van der Waals surface area contributed by atoms with E-state index in [0.717, 1.165) is 16.9 Å². The first-order valence-corrected chi connectivity index (χ1v) is 8.67. The Balaban J connectivity index is 2.31. The van der Waals surface area contributed by atoms with Gasteiger partial charge in [0.2, 0.25) is 0 Å². The highest BCUT2D eigenvalue weighted by Crippen LogP contribution is 2.29. The summed E-state index contributed by atoms with van der Waals surface area (Å²) in [7, 11) is -3.53. The third kappa shape index (κ3) is 3.15. The topological polar surface area (TPSA) is 63.4 Å². The Kier molecular flexibility index (Phi) is 4.70. The van der Waals surface area contributed by atoms with Gasteiger partial charge in [0.25, 0.3) is 10.0 Å². The number of para-hydroxylation sites is 1. The average Bonchev–Trinajstić information content (AvgIpc) is 2.85. The summed E-state index contributed by atoms with van der Waals surface area (Å²) in [6.45, 7) is 2.42. The van der Waals surface area contributed by atoms with Gasteiger partial charge in [0.05, 0.1) is 4.34 Å². The van der Waals surface area contributed by atoms with E-state index >= 15 is 0 Å². The minimum atomic E-state index is -3.53. The minimum absolute atomic E-state index is 0.249. The van der Waals surface area contributed by atoms with Crippen molar-refractivity contribution in [1.29, 1.82) is 0 Å². The summed E-state index contributed by atoms with van der Waals surface area (Å²) in [5.74, 6) is 0. The highest BCUT2D eigenvalue weighted by atomic mass is 35.5. The molecule has 0 atom stereocenters. The lowest BCUT2D eigenvalue weighted by molar-refractivity contribution is 0.425. The molecule has 0 fully saturated rings. The molecule has 0 bridgehead atoms. The lowest BCUT2D eigenvalue weighted by Gasteiger charge is -2.20. The predicted molar refractivity (Wildman–Crippen MR) is 83.5 cm³/mol. The standard InChI is InChI=1S/C13H15ClN2O2S2/c1-2-16(9-10-5-3-4-6-11(10)15)20(17,18)13-8-7-12(14)19-13/h3-8H,2,9,15H2,1H3. The molecule has 0 radical (unpaired) electrons. The van der Waals surface area contributed by atoms with E-state index in [-0.39, 0.29) is 10.8 Å². The third-order valence-corrected chi connectivity index (χ3v) is 6.52. The Bertz CT molecular complexity index is 698. The van der Waals surface area contributed by atoms with Crippen molar-refractivity contribution >= 4 is 38.6 Å². The Morgan fingerprint density at radius 2 is 1.95 bits per heavy atom. The molecule has 1 aromatic heterocycles. The summed E-state index contributed by atoms with van der Waals surface area (Å²) in [6, 6.07) is 10.4. The molecule has 0 amide bonds. The summed E-state index contributed by atoms with van der Waals surface area (Å²) >= 11 is 6.87. The van der Waals surface area contributed by atoms with Gasteiger partial charge < -0.3 is 5.73 Å². The number of benzene rings is 1. The van der Waals surface area contributed by atoms with Crippen molar-refractivity contribution in [3.8, 4) is 0 Å². The van der Waals surface area contributed by atoms with E-state index in [1.807, 2.05) is 18.2 Å². The van der Waals surface area contributed by atoms with Crippen LogP contribution in [0.5, 0.6) is 0 Å². The third-order valence-electron chi connectivity index (χ3n) is 2.90. The van der Waals surface area contributed by atoms with E-state index in [1.54, 1.807) is 19.1 Å². The maximum Gasteiger partial charge on any atom is 0.252 e. The number of sulfonamides is 1. The minimum Gasteiger partial charge on any atom is -0.398 e. The predicted octanol–water partition coefficient (Wildman–Crippen LogP) is 3.19. The zero-order chi connectivity index (χ0) is 14.8. The first kappa shape index (κ1) is 15.3. The van der Waals surface area contributed by atoms with E-state index < -0.39 is 10.0 Å². The van der Waals surface area contributed by atoms with Gasteiger partial charge in [-0.25, -0.2) is 8.42 Å². The van der Waals surface area contributed by atoms with Gasteiger partial charge in [-0.2, -0.15) is 4.31 Å². The van der Waals surface area contributed by atoms with Gasteiger partial charge >= 0.3 is 0 Å². The Morgan fingerprint density at radius 1 is 1.25 bits per heavy atom. The molecule has 0 saturated carbocycles. The van der Waals surface area contributed by atoms with Gasteiger partial charge in [0, 0.05) is 18.8 Å². The van der Waals surface area contributed by atoms with E-state index in [4.69, 9.17) is 17.3 Å².